The van der Waals surface area contributed by atoms with Crippen LogP contribution in [0, 0.1) is 11.3 Å². The lowest BCUT2D eigenvalue weighted by molar-refractivity contribution is -0.151. The van der Waals surface area contributed by atoms with E-state index in [4.69, 9.17) is 4.74 Å². The number of carbonyl (C=O) groups is 4. The average Bonchev–Trinajstić information content (AvgIpc) is 2.97. The molecular formula is C21H24N4O5. The van der Waals surface area contributed by atoms with Crippen molar-refractivity contribution in [2.24, 2.45) is 0 Å². The standard InChI is InChI=1S/C21H24N4O5/c1-20(15-8-4-2-5-9-15)18(28)25(19(29)24-20)12-17(27)30-13-16(26)23-21(14-22)10-6-3-7-11-21/h2,4-5,8-9H,3,6-7,10-13H2,1H3,(H,23,26)(H,24,29)/t20-/m1/s1. The third kappa shape index (κ3) is 4.27. The summed E-state index contributed by atoms with van der Waals surface area (Å²) in [6.07, 6.45) is 3.83. The number of imide groups is 1. The Morgan fingerprint density at radius 3 is 2.50 bits per heavy atom. The number of hydrogen-bond acceptors (Lipinski definition) is 6. The fraction of sp³-hybridized carbons (Fsp3) is 0.476. The van der Waals surface area contributed by atoms with Crippen LogP contribution in [0.1, 0.15) is 44.6 Å². The van der Waals surface area contributed by atoms with Gasteiger partial charge in [-0.2, -0.15) is 5.26 Å². The number of rotatable bonds is 6. The van der Waals surface area contributed by atoms with Gasteiger partial charge in [-0.1, -0.05) is 49.6 Å². The molecule has 1 aliphatic heterocycles. The van der Waals surface area contributed by atoms with Crippen molar-refractivity contribution in [1.29, 1.82) is 5.26 Å². The highest BCUT2D eigenvalue weighted by Gasteiger charge is 2.49. The van der Waals surface area contributed by atoms with Crippen molar-refractivity contribution in [3.8, 4) is 6.07 Å². The van der Waals surface area contributed by atoms with Crippen LogP contribution < -0.4 is 10.6 Å². The number of nitrogens with one attached hydrogen (secondary N) is 2. The van der Waals surface area contributed by atoms with Gasteiger partial charge in [0, 0.05) is 0 Å². The first kappa shape index (κ1) is 21.3. The van der Waals surface area contributed by atoms with Crippen molar-refractivity contribution in [1.82, 2.24) is 15.5 Å². The molecular weight excluding hydrogens is 388 g/mol. The fourth-order valence-electron chi connectivity index (χ4n) is 3.85. The molecule has 3 rings (SSSR count). The molecule has 1 aromatic rings. The number of nitriles is 1. The monoisotopic (exact) mass is 412 g/mol. The minimum absolute atomic E-state index is 0.559. The third-order valence-corrected chi connectivity index (χ3v) is 5.58. The number of ether oxygens (including phenoxy) is 1. The summed E-state index contributed by atoms with van der Waals surface area (Å²) >= 11 is 0. The van der Waals surface area contributed by atoms with Crippen LogP contribution in [0.5, 0.6) is 0 Å². The predicted octanol–water partition coefficient (Wildman–Crippen LogP) is 1.34. The van der Waals surface area contributed by atoms with Crippen LogP contribution in [-0.2, 0) is 24.7 Å². The second kappa shape index (κ2) is 8.53. The molecule has 1 heterocycles. The number of hydrogen-bond donors (Lipinski definition) is 2. The first-order valence-electron chi connectivity index (χ1n) is 9.87. The van der Waals surface area contributed by atoms with Crippen molar-refractivity contribution in [2.45, 2.75) is 50.1 Å². The maximum absolute atomic E-state index is 12.8. The molecule has 1 aliphatic carbocycles. The second-order valence-corrected chi connectivity index (χ2v) is 7.78. The van der Waals surface area contributed by atoms with E-state index in [1.165, 1.54) is 0 Å². The van der Waals surface area contributed by atoms with Crippen LogP contribution in [0.3, 0.4) is 0 Å². The van der Waals surface area contributed by atoms with E-state index in [9.17, 15) is 24.4 Å². The molecule has 2 aliphatic rings. The second-order valence-electron chi connectivity index (χ2n) is 7.78. The van der Waals surface area contributed by atoms with Crippen LogP contribution in [0.25, 0.3) is 0 Å². The Kier molecular flexibility index (Phi) is 6.06. The van der Waals surface area contributed by atoms with Gasteiger partial charge >= 0.3 is 12.0 Å². The molecule has 0 unspecified atom stereocenters. The first-order chi connectivity index (χ1) is 14.3. The van der Waals surface area contributed by atoms with E-state index < -0.39 is 48.0 Å². The topological polar surface area (TPSA) is 129 Å². The van der Waals surface area contributed by atoms with E-state index in [0.717, 1.165) is 24.2 Å². The van der Waals surface area contributed by atoms with Gasteiger partial charge in [0.1, 0.15) is 17.6 Å². The highest BCUT2D eigenvalue weighted by molar-refractivity contribution is 6.08. The Balaban J connectivity index is 1.55. The summed E-state index contributed by atoms with van der Waals surface area (Å²) in [5, 5.41) is 14.6. The molecule has 2 N–H and O–H groups in total. The van der Waals surface area contributed by atoms with Crippen molar-refractivity contribution in [3.05, 3.63) is 35.9 Å². The molecule has 30 heavy (non-hydrogen) atoms. The number of urea groups is 1. The lowest BCUT2D eigenvalue weighted by Crippen LogP contribution is -2.50. The molecule has 9 heteroatoms. The van der Waals surface area contributed by atoms with Gasteiger partial charge < -0.3 is 15.4 Å². The first-order valence-corrected chi connectivity index (χ1v) is 9.87. The molecule has 9 nitrogen and oxygen atoms in total. The summed E-state index contributed by atoms with van der Waals surface area (Å²) < 4.78 is 4.93. The Bertz CT molecular complexity index is 888. The molecule has 2 fully saturated rings. The summed E-state index contributed by atoms with van der Waals surface area (Å²) in [7, 11) is 0. The Hall–Kier alpha value is -3.41. The van der Waals surface area contributed by atoms with E-state index in [0.29, 0.717) is 18.4 Å². The van der Waals surface area contributed by atoms with E-state index in [-0.39, 0.29) is 0 Å². The zero-order valence-corrected chi connectivity index (χ0v) is 16.8. The van der Waals surface area contributed by atoms with E-state index in [1.807, 2.05) is 0 Å². The Morgan fingerprint density at radius 1 is 1.20 bits per heavy atom. The summed E-state index contributed by atoms with van der Waals surface area (Å²) in [5.74, 6) is -2.05. The normalized spacial score (nSPS) is 22.7. The SMILES string of the molecule is C[C@]1(c2ccccc2)NC(=O)N(CC(=O)OCC(=O)NC2(C#N)CCCCC2)C1=O. The van der Waals surface area contributed by atoms with Gasteiger partial charge in [0.25, 0.3) is 11.8 Å². The molecule has 0 aromatic heterocycles. The smallest absolute Gasteiger partial charge is 0.326 e. The van der Waals surface area contributed by atoms with E-state index >= 15 is 0 Å². The summed E-state index contributed by atoms with van der Waals surface area (Å²) in [4.78, 5) is 50.1. The predicted molar refractivity (Wildman–Crippen MR) is 105 cm³/mol. The van der Waals surface area contributed by atoms with Crippen LogP contribution in [0.2, 0.25) is 0 Å². The number of nitrogens with zero attached hydrogens (tertiary/aromatic N) is 2. The number of esters is 1. The average molecular weight is 412 g/mol. The number of amides is 4. The van der Waals surface area contributed by atoms with Crippen LogP contribution in [-0.4, -0.2) is 47.4 Å². The number of carbonyl (C=O) groups excluding carboxylic acids is 4. The lowest BCUT2D eigenvalue weighted by atomic mass is 9.83. The van der Waals surface area contributed by atoms with Crippen molar-refractivity contribution < 1.29 is 23.9 Å². The van der Waals surface area contributed by atoms with Crippen LogP contribution in [0.4, 0.5) is 4.79 Å². The van der Waals surface area contributed by atoms with Gasteiger partial charge in [-0.3, -0.25) is 19.3 Å². The van der Waals surface area contributed by atoms with Gasteiger partial charge in [-0.25, -0.2) is 4.79 Å². The summed E-state index contributed by atoms with van der Waals surface area (Å²) in [5.41, 5.74) is -1.62. The van der Waals surface area contributed by atoms with Gasteiger partial charge in [0.05, 0.1) is 6.07 Å². The largest absolute Gasteiger partial charge is 0.454 e. The Labute approximate surface area is 174 Å². The van der Waals surface area contributed by atoms with Gasteiger partial charge in [-0.05, 0) is 25.3 Å². The lowest BCUT2D eigenvalue weighted by Gasteiger charge is -2.31. The van der Waals surface area contributed by atoms with Crippen molar-refractivity contribution in [2.75, 3.05) is 13.2 Å². The maximum atomic E-state index is 12.8. The highest BCUT2D eigenvalue weighted by atomic mass is 16.5. The molecule has 1 saturated heterocycles. The highest BCUT2D eigenvalue weighted by Crippen LogP contribution is 2.29. The molecule has 0 spiro atoms. The third-order valence-electron chi connectivity index (χ3n) is 5.58. The molecule has 4 amide bonds. The molecule has 1 aromatic carbocycles. The van der Waals surface area contributed by atoms with Crippen molar-refractivity contribution >= 4 is 23.8 Å². The zero-order valence-electron chi connectivity index (χ0n) is 16.8. The van der Waals surface area contributed by atoms with E-state index in [2.05, 4.69) is 16.7 Å². The summed E-state index contributed by atoms with van der Waals surface area (Å²) in [6, 6.07) is 10.1. The molecule has 1 atom stereocenters. The minimum atomic E-state index is -1.28. The van der Waals surface area contributed by atoms with E-state index in [1.54, 1.807) is 37.3 Å². The molecule has 0 radical (unpaired) electrons. The van der Waals surface area contributed by atoms with Gasteiger partial charge in [-0.15, -0.1) is 0 Å². The zero-order chi connectivity index (χ0) is 21.8. The maximum Gasteiger partial charge on any atom is 0.326 e. The van der Waals surface area contributed by atoms with Gasteiger partial charge in [0.2, 0.25) is 0 Å². The Morgan fingerprint density at radius 2 is 1.87 bits per heavy atom. The van der Waals surface area contributed by atoms with Crippen molar-refractivity contribution in [3.63, 3.8) is 0 Å². The quantitative estimate of drug-likeness (QED) is 0.536. The van der Waals surface area contributed by atoms with Crippen LogP contribution in [0.15, 0.2) is 30.3 Å². The number of benzene rings is 1. The van der Waals surface area contributed by atoms with Crippen LogP contribution >= 0.6 is 0 Å². The molecule has 158 valence electrons. The minimum Gasteiger partial charge on any atom is -0.454 e. The molecule has 0 bridgehead atoms. The molecule has 1 saturated carbocycles. The summed E-state index contributed by atoms with van der Waals surface area (Å²) in [6.45, 7) is 0.373. The van der Waals surface area contributed by atoms with Gasteiger partial charge in [0.15, 0.2) is 6.61 Å². The fourth-order valence-corrected chi connectivity index (χ4v) is 3.85.